The van der Waals surface area contributed by atoms with Crippen LogP contribution in [0.3, 0.4) is 0 Å². The maximum Gasteiger partial charge on any atom is 1.00 e. The predicted molar refractivity (Wildman–Crippen MR) is 79.8 cm³/mol. The van der Waals surface area contributed by atoms with E-state index < -0.39 is 13.3 Å². The third-order valence-corrected chi connectivity index (χ3v) is 2.96. The molecule has 0 fully saturated rings. The number of rotatable bonds is 3. The van der Waals surface area contributed by atoms with Crippen LogP contribution in [0.25, 0.3) is 12.2 Å². The molecule has 27 heavy (non-hydrogen) atoms. The van der Waals surface area contributed by atoms with Gasteiger partial charge >= 0.3 is 88.7 Å². The van der Waals surface area contributed by atoms with Crippen molar-refractivity contribution in [3.05, 3.63) is 53.6 Å². The number of phenolic OH excluding ortho intramolecular Hbond substituents is 3. The van der Waals surface area contributed by atoms with Crippen molar-refractivity contribution in [2.75, 3.05) is 0 Å². The van der Waals surface area contributed by atoms with E-state index in [1.54, 1.807) is 42.5 Å². The van der Waals surface area contributed by atoms with Crippen molar-refractivity contribution in [2.45, 2.75) is 0 Å². The summed E-state index contributed by atoms with van der Waals surface area (Å²) in [5, 5.41) is 36.7. The predicted octanol–water partition coefficient (Wildman–Crippen LogP) is -8.77. The molecule has 12 heteroatoms. The maximum absolute atomic E-state index is 9.30. The summed E-state index contributed by atoms with van der Waals surface area (Å²) in [7, 11) is -5.43. The Morgan fingerprint density at radius 1 is 0.778 bits per heavy atom. The second kappa shape index (κ2) is 15.1. The average Bonchev–Trinajstić information content (AvgIpc) is 2.45. The Hall–Kier alpha value is 0.200. The van der Waals surface area contributed by atoms with E-state index in [0.717, 1.165) is 5.56 Å². The average molecular weight is 420 g/mol. The second-order valence-corrected chi connectivity index (χ2v) is 5.83. The largest absolute Gasteiger partial charge is 1.00 e. The monoisotopic (exact) mass is 420 g/mol. The molecule has 0 heterocycles. The van der Waals surface area contributed by atoms with Gasteiger partial charge in [-0.2, -0.15) is 0 Å². The van der Waals surface area contributed by atoms with Gasteiger partial charge in [0.1, 0.15) is 17.2 Å². The number of aromatic hydroxyl groups is 3. The number of phenols is 3. The molecular weight excluding hydrogens is 408 g/mol. The first kappa shape index (κ1) is 31.9. The molecule has 0 bridgehead atoms. The summed E-state index contributed by atoms with van der Waals surface area (Å²) in [4.78, 5) is 27.3. The Labute approximate surface area is 222 Å². The van der Waals surface area contributed by atoms with Crippen LogP contribution in [0.4, 0.5) is 4.79 Å². The first-order valence-corrected chi connectivity index (χ1v) is 7.86. The van der Waals surface area contributed by atoms with Crippen molar-refractivity contribution < 1.29 is 128 Å². The molecule has 3 N–H and O–H groups in total. The van der Waals surface area contributed by atoms with Gasteiger partial charge in [0.25, 0.3) is 0 Å². The fourth-order valence-electron chi connectivity index (χ4n) is 1.49. The molecule has 8 nitrogen and oxygen atoms in total. The zero-order valence-corrected chi connectivity index (χ0v) is 21.9. The summed E-state index contributed by atoms with van der Waals surface area (Å²) in [5.74, 6) is 0.267. The molecule has 0 aliphatic carbocycles. The molecule has 2 rings (SSSR count). The van der Waals surface area contributed by atoms with Crippen molar-refractivity contribution >= 4 is 25.5 Å². The van der Waals surface area contributed by atoms with Crippen molar-refractivity contribution in [1.29, 1.82) is 0 Å². The Balaban J connectivity index is -0.000000504. The van der Waals surface area contributed by atoms with Crippen LogP contribution in [0, 0.1) is 0 Å². The molecule has 0 aliphatic rings. The van der Waals surface area contributed by atoms with Crippen LogP contribution >= 0.6 is 7.60 Å². The van der Waals surface area contributed by atoms with E-state index in [4.69, 9.17) is 29.4 Å². The van der Waals surface area contributed by atoms with Crippen LogP contribution in [-0.4, -0.2) is 21.0 Å². The van der Waals surface area contributed by atoms with E-state index in [1.807, 2.05) is 6.08 Å². The summed E-state index contributed by atoms with van der Waals surface area (Å²) in [6, 6.07) is 11.1. The molecule has 0 saturated carbocycles. The molecule has 0 amide bonds. The van der Waals surface area contributed by atoms with Gasteiger partial charge in [-0.15, -0.1) is 0 Å². The Kier molecular flexibility index (Phi) is 17.8. The fraction of sp³-hybridized carbons (Fsp3) is 0. The van der Waals surface area contributed by atoms with E-state index in [9.17, 15) is 10.2 Å². The zero-order chi connectivity index (χ0) is 18.3. The van der Waals surface area contributed by atoms with E-state index in [1.165, 1.54) is 6.07 Å². The SMILES string of the molecule is O=C([O-])P(=O)([O-])[O-].Oc1ccc(C=Cc2cc(O)cc(O)c2)cc1.[Na+].[Na+].[Na+]. The Morgan fingerprint density at radius 3 is 1.52 bits per heavy atom. The van der Waals surface area contributed by atoms with E-state index in [0.29, 0.717) is 5.56 Å². The first-order chi connectivity index (χ1) is 11.1. The minimum Gasteiger partial charge on any atom is -0.807 e. The zero-order valence-electron chi connectivity index (χ0n) is 15.0. The molecule has 0 unspecified atom stereocenters. The molecule has 128 valence electrons. The van der Waals surface area contributed by atoms with Crippen molar-refractivity contribution in [2.24, 2.45) is 0 Å². The number of hydrogen-bond acceptors (Lipinski definition) is 8. The minimum absolute atomic E-state index is 0. The summed E-state index contributed by atoms with van der Waals surface area (Å²) >= 11 is 0. The molecule has 0 aliphatic heterocycles. The summed E-state index contributed by atoms with van der Waals surface area (Å²) < 4.78 is 9.14. The van der Waals surface area contributed by atoms with E-state index >= 15 is 0 Å². The van der Waals surface area contributed by atoms with Crippen LogP contribution in [0.1, 0.15) is 11.1 Å². The quantitative estimate of drug-likeness (QED) is 0.250. The third-order valence-electron chi connectivity index (χ3n) is 2.51. The molecular formula is C15H12Na3O8P. The van der Waals surface area contributed by atoms with Gasteiger partial charge in [0.15, 0.2) is 0 Å². The molecule has 0 atom stereocenters. The molecule has 0 spiro atoms. The normalized spacial score (nSPS) is 9.70. The number of carbonyl (C=O) groups excluding carboxylic acids is 1. The number of benzene rings is 2. The Bertz CT molecular complexity index is 770. The van der Waals surface area contributed by atoms with E-state index in [2.05, 4.69) is 0 Å². The van der Waals surface area contributed by atoms with Gasteiger partial charge in [-0.25, -0.2) is 0 Å². The minimum atomic E-state index is -5.43. The summed E-state index contributed by atoms with van der Waals surface area (Å²) in [6.07, 6.45) is 3.60. The van der Waals surface area contributed by atoms with Gasteiger partial charge in [0.2, 0.25) is 0 Å². The van der Waals surface area contributed by atoms with Crippen molar-refractivity contribution in [1.82, 2.24) is 0 Å². The van der Waals surface area contributed by atoms with Gasteiger partial charge in [-0.1, -0.05) is 24.3 Å². The number of hydrogen-bond donors (Lipinski definition) is 3. The Morgan fingerprint density at radius 2 is 1.15 bits per heavy atom. The van der Waals surface area contributed by atoms with E-state index in [-0.39, 0.29) is 106 Å². The van der Waals surface area contributed by atoms with Crippen LogP contribution < -0.4 is 104 Å². The molecule has 2 aromatic carbocycles. The van der Waals surface area contributed by atoms with Crippen LogP contribution in [-0.2, 0) is 4.57 Å². The van der Waals surface area contributed by atoms with Crippen LogP contribution in [0.15, 0.2) is 42.5 Å². The summed E-state index contributed by atoms with van der Waals surface area (Å²) in [6.45, 7) is 0. The van der Waals surface area contributed by atoms with Gasteiger partial charge in [-0.05, 0) is 43.0 Å². The molecule has 0 aromatic heterocycles. The standard InChI is InChI=1S/C14H12O3.CH3O5P.3Na/c15-12-5-3-10(4-6-12)1-2-11-7-13(16)9-14(17)8-11;2-1(3)7(4,5)6;;;/h1-9,15-17H;(H,2,3)(H2,4,5,6);;;/q;;3*+1/p-3. The van der Waals surface area contributed by atoms with Crippen molar-refractivity contribution in [3.8, 4) is 17.2 Å². The van der Waals surface area contributed by atoms with Gasteiger partial charge in [0.05, 0.1) is 5.71 Å². The number of carbonyl (C=O) groups is 1. The van der Waals surface area contributed by atoms with Crippen LogP contribution in [0.2, 0.25) is 0 Å². The first-order valence-electron chi connectivity index (χ1n) is 6.31. The van der Waals surface area contributed by atoms with Crippen LogP contribution in [0.5, 0.6) is 17.2 Å². The molecule has 0 saturated heterocycles. The van der Waals surface area contributed by atoms with Crippen molar-refractivity contribution in [3.63, 3.8) is 0 Å². The third kappa shape index (κ3) is 13.9. The number of carboxylic acid groups (broad SMARTS) is 1. The molecule has 0 radical (unpaired) electrons. The van der Waals surface area contributed by atoms with Gasteiger partial charge in [0, 0.05) is 6.07 Å². The summed E-state index contributed by atoms with van der Waals surface area (Å²) in [5.41, 5.74) is -0.936. The van der Waals surface area contributed by atoms with Gasteiger partial charge in [-0.3, -0.25) is 0 Å². The second-order valence-electron chi connectivity index (χ2n) is 4.47. The molecule has 2 aromatic rings. The fourth-order valence-corrected chi connectivity index (χ4v) is 1.49. The smallest absolute Gasteiger partial charge is 0.807 e. The van der Waals surface area contributed by atoms with Gasteiger partial charge < -0.3 is 39.6 Å². The topological polar surface area (TPSA) is 164 Å². The maximum atomic E-state index is 9.30.